The van der Waals surface area contributed by atoms with Gasteiger partial charge in [-0.2, -0.15) is 0 Å². The van der Waals surface area contributed by atoms with Crippen LogP contribution < -0.4 is 0 Å². The first-order valence-corrected chi connectivity index (χ1v) is 5.94. The van der Waals surface area contributed by atoms with E-state index in [-0.39, 0.29) is 5.41 Å². The van der Waals surface area contributed by atoms with E-state index < -0.39 is 12.1 Å². The zero-order chi connectivity index (χ0) is 13.3. The second kappa shape index (κ2) is 4.44. The highest BCUT2D eigenvalue weighted by Gasteiger charge is 2.28. The minimum absolute atomic E-state index is 0.107. The van der Waals surface area contributed by atoms with Gasteiger partial charge in [-0.25, -0.2) is 4.79 Å². The van der Waals surface area contributed by atoms with E-state index in [1.165, 1.54) is 5.56 Å². The van der Waals surface area contributed by atoms with Gasteiger partial charge >= 0.3 is 5.97 Å². The van der Waals surface area contributed by atoms with Gasteiger partial charge in [0, 0.05) is 6.42 Å². The molecular formula is C14H17NO3. The number of carboxylic acids is 1. The number of hydrogen-bond donors (Lipinski definition) is 1. The van der Waals surface area contributed by atoms with E-state index >= 15 is 0 Å². The van der Waals surface area contributed by atoms with Gasteiger partial charge in [0.15, 0.2) is 0 Å². The lowest BCUT2D eigenvalue weighted by Gasteiger charge is -2.19. The Kier molecular flexibility index (Phi) is 3.11. The summed E-state index contributed by atoms with van der Waals surface area (Å²) in [5, 5.41) is 12.7. The molecule has 0 fully saturated rings. The third kappa shape index (κ3) is 2.53. The molecule has 2 rings (SSSR count). The van der Waals surface area contributed by atoms with Crippen LogP contribution in [0.15, 0.2) is 29.4 Å². The van der Waals surface area contributed by atoms with Crippen molar-refractivity contribution in [2.75, 3.05) is 0 Å². The van der Waals surface area contributed by atoms with E-state index in [1.807, 2.05) is 24.3 Å². The van der Waals surface area contributed by atoms with Gasteiger partial charge in [-0.15, -0.1) is 0 Å². The molecule has 4 nitrogen and oxygen atoms in total. The van der Waals surface area contributed by atoms with Gasteiger partial charge in [-0.1, -0.05) is 50.2 Å². The van der Waals surface area contributed by atoms with Gasteiger partial charge in [-0.3, -0.25) is 0 Å². The van der Waals surface area contributed by atoms with E-state index in [2.05, 4.69) is 25.9 Å². The van der Waals surface area contributed by atoms with Crippen LogP contribution in [0.1, 0.15) is 38.3 Å². The smallest absolute Gasteiger partial charge is 0.348 e. The van der Waals surface area contributed by atoms with Crippen LogP contribution in [0.25, 0.3) is 0 Å². The topological polar surface area (TPSA) is 58.9 Å². The monoisotopic (exact) mass is 247 g/mol. The highest BCUT2D eigenvalue weighted by Crippen LogP contribution is 2.24. The number of aliphatic carboxylic acids is 1. The predicted octanol–water partition coefficient (Wildman–Crippen LogP) is 2.56. The molecule has 18 heavy (non-hydrogen) atoms. The number of rotatable bonds is 2. The van der Waals surface area contributed by atoms with Crippen LogP contribution in [0.3, 0.4) is 0 Å². The highest BCUT2D eigenvalue weighted by molar-refractivity contribution is 6.03. The summed E-state index contributed by atoms with van der Waals surface area (Å²) in [6, 6.07) is 8.03. The summed E-state index contributed by atoms with van der Waals surface area (Å²) in [4.78, 5) is 15.6. The Bertz CT molecular complexity index is 483. The summed E-state index contributed by atoms with van der Waals surface area (Å²) in [5.74, 6) is -0.972. The van der Waals surface area contributed by atoms with Crippen LogP contribution in [0, 0.1) is 0 Å². The first-order valence-electron chi connectivity index (χ1n) is 5.94. The van der Waals surface area contributed by atoms with Crippen molar-refractivity contribution in [3.05, 3.63) is 35.4 Å². The van der Waals surface area contributed by atoms with Crippen LogP contribution in [-0.2, 0) is 15.0 Å². The van der Waals surface area contributed by atoms with Crippen molar-refractivity contribution in [3.8, 4) is 0 Å². The van der Waals surface area contributed by atoms with Crippen LogP contribution in [0.4, 0.5) is 0 Å². The zero-order valence-electron chi connectivity index (χ0n) is 10.8. The molecule has 0 aromatic heterocycles. The molecular weight excluding hydrogens is 230 g/mol. The molecule has 1 heterocycles. The number of nitrogens with zero attached hydrogens (tertiary/aromatic N) is 1. The van der Waals surface area contributed by atoms with Crippen LogP contribution in [0.2, 0.25) is 0 Å². The van der Waals surface area contributed by atoms with E-state index in [1.54, 1.807) is 0 Å². The maximum Gasteiger partial charge on any atom is 0.348 e. The zero-order valence-corrected chi connectivity index (χ0v) is 10.8. The Balaban J connectivity index is 2.15. The molecule has 1 aromatic rings. The molecule has 1 aliphatic heterocycles. The molecule has 4 heteroatoms. The largest absolute Gasteiger partial charge is 0.478 e. The molecule has 0 amide bonds. The summed E-state index contributed by atoms with van der Waals surface area (Å²) in [6.45, 7) is 6.45. The molecule has 0 radical (unpaired) electrons. The quantitative estimate of drug-likeness (QED) is 0.873. The summed E-state index contributed by atoms with van der Waals surface area (Å²) in [7, 11) is 0. The molecule has 0 bridgehead atoms. The minimum Gasteiger partial charge on any atom is -0.478 e. The minimum atomic E-state index is -0.972. The maximum atomic E-state index is 10.8. The molecule has 1 unspecified atom stereocenters. The van der Waals surface area contributed by atoms with Crippen molar-refractivity contribution in [2.45, 2.75) is 38.7 Å². The van der Waals surface area contributed by atoms with Crippen molar-refractivity contribution < 1.29 is 14.7 Å². The summed E-state index contributed by atoms with van der Waals surface area (Å²) < 4.78 is 0. The number of oxime groups is 1. The molecule has 1 aliphatic rings. The molecule has 1 atom stereocenters. The van der Waals surface area contributed by atoms with Gasteiger partial charge in [0.1, 0.15) is 0 Å². The average molecular weight is 247 g/mol. The number of hydrogen-bond acceptors (Lipinski definition) is 3. The fraction of sp³-hybridized carbons (Fsp3) is 0.429. The van der Waals surface area contributed by atoms with Gasteiger partial charge in [0.2, 0.25) is 6.10 Å². The fourth-order valence-corrected chi connectivity index (χ4v) is 1.84. The first-order chi connectivity index (χ1) is 8.38. The molecule has 0 aliphatic carbocycles. The van der Waals surface area contributed by atoms with E-state index in [0.29, 0.717) is 12.1 Å². The number of carboxylic acid groups (broad SMARTS) is 1. The van der Waals surface area contributed by atoms with Crippen molar-refractivity contribution in [1.29, 1.82) is 0 Å². The Morgan fingerprint density at radius 1 is 1.33 bits per heavy atom. The molecule has 0 spiro atoms. The Morgan fingerprint density at radius 2 is 1.94 bits per heavy atom. The van der Waals surface area contributed by atoms with Crippen LogP contribution in [-0.4, -0.2) is 22.9 Å². The third-order valence-electron chi connectivity index (χ3n) is 3.03. The van der Waals surface area contributed by atoms with Crippen molar-refractivity contribution in [3.63, 3.8) is 0 Å². The molecule has 96 valence electrons. The second-order valence-corrected chi connectivity index (χ2v) is 5.50. The van der Waals surface area contributed by atoms with Crippen LogP contribution in [0.5, 0.6) is 0 Å². The van der Waals surface area contributed by atoms with Crippen LogP contribution >= 0.6 is 0 Å². The Morgan fingerprint density at radius 3 is 2.39 bits per heavy atom. The number of benzene rings is 1. The first kappa shape index (κ1) is 12.6. The average Bonchev–Trinajstić information content (AvgIpc) is 2.77. The van der Waals surface area contributed by atoms with Gasteiger partial charge in [0.05, 0.1) is 5.71 Å². The standard InChI is InChI=1S/C14H17NO3/c1-14(2,3)10-6-4-9(5-7-10)11-8-12(13(16)17)18-15-11/h4-7,12H,8H2,1-3H3,(H,16,17). The highest BCUT2D eigenvalue weighted by atomic mass is 16.7. The predicted molar refractivity (Wildman–Crippen MR) is 68.8 cm³/mol. The van der Waals surface area contributed by atoms with Gasteiger partial charge in [0.25, 0.3) is 0 Å². The fourth-order valence-electron chi connectivity index (χ4n) is 1.84. The lowest BCUT2D eigenvalue weighted by atomic mass is 9.86. The Labute approximate surface area is 106 Å². The molecule has 0 saturated heterocycles. The lowest BCUT2D eigenvalue weighted by molar-refractivity contribution is -0.148. The summed E-state index contributed by atoms with van der Waals surface area (Å²) in [6.07, 6.45) is -0.521. The molecule has 0 saturated carbocycles. The van der Waals surface area contributed by atoms with E-state index in [9.17, 15) is 4.79 Å². The summed E-state index contributed by atoms with van der Waals surface area (Å²) in [5.41, 5.74) is 2.96. The van der Waals surface area contributed by atoms with Crippen molar-refractivity contribution >= 4 is 11.7 Å². The molecule has 1 N–H and O–H groups in total. The van der Waals surface area contributed by atoms with Crippen molar-refractivity contribution in [1.82, 2.24) is 0 Å². The van der Waals surface area contributed by atoms with E-state index in [4.69, 9.17) is 9.94 Å². The SMILES string of the molecule is CC(C)(C)c1ccc(C2=NOC(C(=O)O)C2)cc1. The maximum absolute atomic E-state index is 10.8. The third-order valence-corrected chi connectivity index (χ3v) is 3.03. The normalized spacial score (nSPS) is 19.3. The van der Waals surface area contributed by atoms with E-state index in [0.717, 1.165) is 5.56 Å². The Hall–Kier alpha value is -1.84. The molecule has 1 aromatic carbocycles. The lowest BCUT2D eigenvalue weighted by Crippen LogP contribution is -2.20. The summed E-state index contributed by atoms with van der Waals surface area (Å²) >= 11 is 0. The second-order valence-electron chi connectivity index (χ2n) is 5.50. The van der Waals surface area contributed by atoms with Crippen molar-refractivity contribution in [2.24, 2.45) is 5.16 Å². The number of carbonyl (C=O) groups is 1. The van der Waals surface area contributed by atoms with Gasteiger partial charge in [-0.05, 0) is 16.5 Å². The van der Waals surface area contributed by atoms with Gasteiger partial charge < -0.3 is 9.94 Å².